The quantitative estimate of drug-likeness (QED) is 0.0340. The van der Waals surface area contributed by atoms with Gasteiger partial charge in [0.15, 0.2) is 0 Å². The average Bonchev–Trinajstić information content (AvgIpc) is 1.65. The van der Waals surface area contributed by atoms with Crippen molar-refractivity contribution in [1.82, 2.24) is 77.4 Å². The molecule has 4 aromatic heterocycles. The van der Waals surface area contributed by atoms with Crippen LogP contribution in [0.5, 0.6) is 0 Å². The first-order valence-corrected chi connectivity index (χ1v) is 53.1. The highest BCUT2D eigenvalue weighted by Crippen LogP contribution is 2.31. The zero-order valence-electron chi connectivity index (χ0n) is 83.6. The highest BCUT2D eigenvalue weighted by atomic mass is 32.2. The van der Waals surface area contributed by atoms with Crippen LogP contribution in [0.1, 0.15) is 247 Å². The van der Waals surface area contributed by atoms with Gasteiger partial charge in [0.05, 0.1) is 81.4 Å². The van der Waals surface area contributed by atoms with Gasteiger partial charge in [0.2, 0.25) is 0 Å². The van der Waals surface area contributed by atoms with E-state index in [1.54, 1.807) is 39.0 Å². The molecular weight excluding hydrogens is 1800 g/mol. The summed E-state index contributed by atoms with van der Waals surface area (Å²) in [5.74, 6) is 3.84. The fraction of sp³-hybridized carbons (Fsp3) is 0.495. The predicted octanol–water partition coefficient (Wildman–Crippen LogP) is 23.4. The number of halogens is 6. The summed E-state index contributed by atoms with van der Waals surface area (Å²) < 4.78 is 92.9. The molecule has 0 unspecified atom stereocenters. The van der Waals surface area contributed by atoms with Gasteiger partial charge in [-0.3, -0.25) is 38.8 Å². The fourth-order valence-electron chi connectivity index (χ4n) is 19.3. The van der Waals surface area contributed by atoms with Crippen molar-refractivity contribution < 1.29 is 45.5 Å². The summed E-state index contributed by atoms with van der Waals surface area (Å²) in [7, 11) is 0. The van der Waals surface area contributed by atoms with Crippen molar-refractivity contribution in [3.05, 3.63) is 260 Å². The standard InChI is InChI=1S/C29H38F2N4O.C29H39FN4O.C27H34F2N4OS.C26H33FN4OS/c1-4-13-35-27-12-9-22(19-33-14-7-5-6-8-15-33)16-26(27)32-28(35)20-34(18-21(2)3)29(36)24-17-23(30)10-11-25(24)31;1-4-14-34-27-13-12-23(20-32-15-7-5-6-8-16-32)17-26(27)31-28(34)21-33(19-22(2)3)29(35)24-10-9-11-25(30)18-24;1-4-9-33-25-8-5-20(17-31-10-12-35-13-11-31)14-24(25)30-26(33)18-32(16-19(2)3)27(34)22-15-21(28)6-7-23(22)29;1-3-10-30(26(32)21-6-5-7-22(27)17-21)19-25-28-23-16-20(18-29-12-14-33-15-13-29)8-9-24(23)31(25)11-4-2/h9-12,16-17,21H,4-8,13-15,18-20H2,1-3H3;9-13,17-18,22H,4-8,14-16,19-21H2,1-3H3;5-8,14-15,19H,4,9-13,16-18H2,1-3H3;5-9,16-17H,3-4,10-15,18-19H2,1-2H3. The van der Waals surface area contributed by atoms with Gasteiger partial charge < -0.3 is 37.9 Å². The Morgan fingerprint density at radius 1 is 0.317 bits per heavy atom. The Hall–Kier alpha value is -10.4. The van der Waals surface area contributed by atoms with E-state index in [0.717, 1.165) is 228 Å². The normalized spacial score (nSPS) is 14.8. The first-order valence-electron chi connectivity index (χ1n) is 50.8. The van der Waals surface area contributed by atoms with Gasteiger partial charge in [-0.25, -0.2) is 46.3 Å². The van der Waals surface area contributed by atoms with Gasteiger partial charge in [-0.15, -0.1) is 0 Å². The van der Waals surface area contributed by atoms with Gasteiger partial charge in [0.1, 0.15) is 58.2 Å². The predicted molar refractivity (Wildman–Crippen MR) is 552 cm³/mol. The maximum absolute atomic E-state index is 14.4. The third-order valence-corrected chi connectivity index (χ3v) is 27.7. The van der Waals surface area contributed by atoms with Gasteiger partial charge >= 0.3 is 0 Å². The molecule has 0 radical (unpaired) electrons. The Kier molecular flexibility index (Phi) is 39.9. The summed E-state index contributed by atoms with van der Waals surface area (Å²) in [4.78, 5) is 89.8. The van der Waals surface area contributed by atoms with E-state index in [9.17, 15) is 45.5 Å². The maximum atomic E-state index is 14.4. The largest absolute Gasteiger partial charge is 0.331 e. The van der Waals surface area contributed by atoms with Gasteiger partial charge in [0.25, 0.3) is 23.6 Å². The molecule has 4 aliphatic heterocycles. The number of aromatic nitrogens is 8. The van der Waals surface area contributed by atoms with Crippen molar-refractivity contribution in [3.63, 3.8) is 0 Å². The summed E-state index contributed by atoms with van der Waals surface area (Å²) in [5.41, 5.74) is 13.4. The SMILES string of the molecule is CCCN(Cc1nc2cc(CN3CCSCC3)ccc2n1CCC)C(=O)c1cccc(F)c1.CCCn1c(CN(CC(C)C)C(=O)c2cc(F)ccc2F)nc2cc(CN3CCCCCC3)ccc21.CCCn1c(CN(CC(C)C)C(=O)c2cc(F)ccc2F)nc2cc(CN3CCSCC3)ccc21.CCCn1c(CN(CC(C)C)C(=O)c2cccc(F)c2)nc2cc(CN3CCCCCC3)ccc21. The van der Waals surface area contributed by atoms with Gasteiger partial charge in [-0.05, 0) is 245 Å². The van der Waals surface area contributed by atoms with E-state index >= 15 is 0 Å². The summed E-state index contributed by atoms with van der Waals surface area (Å²) in [6.07, 6.45) is 15.0. The van der Waals surface area contributed by atoms with Crippen LogP contribution in [-0.4, -0.2) is 203 Å². The van der Waals surface area contributed by atoms with Crippen molar-refractivity contribution in [1.29, 1.82) is 0 Å². The lowest BCUT2D eigenvalue weighted by Crippen LogP contribution is -2.35. The number of fused-ring (bicyclic) bond motifs is 4. The molecular formula is C111H144F6N16O4S2. The molecule has 28 heteroatoms. The van der Waals surface area contributed by atoms with Crippen LogP contribution in [0.3, 0.4) is 0 Å². The number of hydrogen-bond donors (Lipinski definition) is 0. The maximum Gasteiger partial charge on any atom is 0.257 e. The highest BCUT2D eigenvalue weighted by Gasteiger charge is 2.30. The third kappa shape index (κ3) is 29.7. The Labute approximate surface area is 827 Å². The lowest BCUT2D eigenvalue weighted by atomic mass is 10.1. The molecule has 20 nitrogen and oxygen atoms in total. The van der Waals surface area contributed by atoms with E-state index in [1.165, 1.54) is 134 Å². The Bertz CT molecular complexity index is 6030. The minimum atomic E-state index is -0.715. The lowest BCUT2D eigenvalue weighted by Gasteiger charge is -2.26. The third-order valence-electron chi connectivity index (χ3n) is 25.8. The summed E-state index contributed by atoms with van der Waals surface area (Å²) in [5, 5.41) is 0. The highest BCUT2D eigenvalue weighted by molar-refractivity contribution is 7.99. The van der Waals surface area contributed by atoms with E-state index in [4.69, 9.17) is 19.9 Å². The number of rotatable bonds is 36. The van der Waals surface area contributed by atoms with Crippen LogP contribution in [0.25, 0.3) is 44.1 Å². The van der Waals surface area contributed by atoms with Crippen LogP contribution in [-0.2, 0) is 78.5 Å². The molecule has 8 aromatic carbocycles. The van der Waals surface area contributed by atoms with E-state index in [2.05, 4.69) is 152 Å². The number of nitrogens with zero attached hydrogens (tertiary/aromatic N) is 16. The number of aryl methyl sites for hydroxylation is 4. The number of hydrogen-bond acceptors (Lipinski definition) is 14. The van der Waals surface area contributed by atoms with Crippen LogP contribution in [0.4, 0.5) is 26.3 Å². The second-order valence-corrected chi connectivity index (χ2v) is 41.4. The summed E-state index contributed by atoms with van der Waals surface area (Å²) in [6, 6.07) is 44.1. The zero-order valence-corrected chi connectivity index (χ0v) is 85.2. The average molecular weight is 1940 g/mol. The van der Waals surface area contributed by atoms with Crippen LogP contribution >= 0.6 is 23.5 Å². The molecule has 4 fully saturated rings. The molecule has 0 bridgehead atoms. The van der Waals surface area contributed by atoms with Gasteiger partial charge in [-0.2, -0.15) is 23.5 Å². The number of carbonyl (C=O) groups excluding carboxylic acids is 4. The molecule has 4 aliphatic rings. The Morgan fingerprint density at radius 3 is 0.885 bits per heavy atom. The molecule has 12 aromatic rings. The molecule has 8 heterocycles. The van der Waals surface area contributed by atoms with Crippen molar-refractivity contribution in [2.24, 2.45) is 17.8 Å². The van der Waals surface area contributed by atoms with E-state index < -0.39 is 46.7 Å². The minimum Gasteiger partial charge on any atom is -0.331 e. The number of carbonyl (C=O) groups is 4. The van der Waals surface area contributed by atoms with Crippen LogP contribution in [0, 0.1) is 52.7 Å². The van der Waals surface area contributed by atoms with Crippen molar-refractivity contribution in [2.75, 3.05) is 102 Å². The van der Waals surface area contributed by atoms with E-state index in [0.29, 0.717) is 50.4 Å². The van der Waals surface area contributed by atoms with Gasteiger partial charge in [0, 0.05) is 139 Å². The zero-order chi connectivity index (χ0) is 98.6. The van der Waals surface area contributed by atoms with Crippen molar-refractivity contribution >= 4 is 91.3 Å². The molecule has 0 N–H and O–H groups in total. The first kappa shape index (κ1) is 106. The van der Waals surface area contributed by atoms with Crippen LogP contribution in [0.15, 0.2) is 158 Å². The number of benzene rings is 8. The molecule has 0 atom stereocenters. The van der Waals surface area contributed by atoms with Gasteiger partial charge in [-0.1, -0.05) is 138 Å². The molecule has 0 aliphatic carbocycles. The number of imidazole rings is 4. The molecule has 0 spiro atoms. The molecule has 746 valence electrons. The number of likely N-dealkylation sites (tertiary alicyclic amines) is 2. The fourth-order valence-corrected chi connectivity index (χ4v) is 21.2. The lowest BCUT2D eigenvalue weighted by molar-refractivity contribution is 0.0704. The molecule has 4 saturated heterocycles. The van der Waals surface area contributed by atoms with E-state index in [1.807, 2.05) is 63.0 Å². The van der Waals surface area contributed by atoms with Crippen LogP contribution in [0.2, 0.25) is 0 Å². The number of amides is 4. The summed E-state index contributed by atoms with van der Waals surface area (Å²) in [6.45, 7) is 42.2. The molecule has 4 amide bonds. The number of thioether (sulfide) groups is 2. The Balaban J connectivity index is 0.000000156. The minimum absolute atomic E-state index is 0.157. The molecule has 0 saturated carbocycles. The smallest absolute Gasteiger partial charge is 0.257 e. The van der Waals surface area contributed by atoms with Crippen molar-refractivity contribution in [3.8, 4) is 0 Å². The van der Waals surface area contributed by atoms with Crippen LogP contribution < -0.4 is 0 Å². The molecule has 16 rings (SSSR count). The monoisotopic (exact) mass is 1940 g/mol. The second kappa shape index (κ2) is 52.4. The van der Waals surface area contributed by atoms with Crippen molar-refractivity contribution in [2.45, 2.75) is 238 Å². The summed E-state index contributed by atoms with van der Waals surface area (Å²) >= 11 is 4.02. The second-order valence-electron chi connectivity index (χ2n) is 38.9. The molecule has 139 heavy (non-hydrogen) atoms. The Morgan fingerprint density at radius 2 is 0.597 bits per heavy atom. The van der Waals surface area contributed by atoms with E-state index in [-0.39, 0.29) is 53.8 Å². The first-order chi connectivity index (χ1) is 67.2. The topological polar surface area (TPSA) is 165 Å².